The first kappa shape index (κ1) is 29.8. The molecule has 1 fully saturated rings. The van der Waals surface area contributed by atoms with Gasteiger partial charge in [0.2, 0.25) is 5.91 Å². The summed E-state index contributed by atoms with van der Waals surface area (Å²) >= 11 is 1.79. The number of nitrogens with zero attached hydrogens (tertiary/aromatic N) is 3. The molecule has 0 saturated carbocycles. The number of benzene rings is 2. The van der Waals surface area contributed by atoms with Gasteiger partial charge in [0.1, 0.15) is 12.5 Å². The summed E-state index contributed by atoms with van der Waals surface area (Å²) in [5, 5.41) is 3.50. The first-order valence-corrected chi connectivity index (χ1v) is 14.9. The van der Waals surface area contributed by atoms with Gasteiger partial charge >= 0.3 is 37.7 Å². The molecule has 3 aromatic rings. The second-order valence-electron chi connectivity index (χ2n) is 9.31. The number of carbonyl (C=O) groups is 1. The number of ether oxygens (including phenoxy) is 1. The molecule has 0 bridgehead atoms. The third-order valence-electron chi connectivity index (χ3n) is 6.92. The van der Waals surface area contributed by atoms with Gasteiger partial charge in [-0.05, 0) is 61.0 Å². The van der Waals surface area contributed by atoms with E-state index in [1.54, 1.807) is 17.4 Å². The molecule has 12 heteroatoms. The van der Waals surface area contributed by atoms with Crippen LogP contribution in [-0.2, 0) is 20.3 Å². The van der Waals surface area contributed by atoms with Gasteiger partial charge in [-0.1, -0.05) is 12.1 Å². The van der Waals surface area contributed by atoms with Crippen molar-refractivity contribution in [3.05, 3.63) is 53.4 Å². The summed E-state index contributed by atoms with van der Waals surface area (Å²) in [5.41, 5.74) is 2.74. The SMILES string of the molecule is O=C1CCc2ccc(OCCCCN3CCN(c4cccc5sccc45)CC3)cc2N1COP(=O)([O-])[O-].[Ca+2]. The number of piperazine rings is 1. The monoisotopic (exact) mass is 583 g/mol. The number of thiophene rings is 1. The summed E-state index contributed by atoms with van der Waals surface area (Å²) < 4.78 is 22.5. The Hall–Kier alpha value is -1.20. The van der Waals surface area contributed by atoms with Gasteiger partial charge in [0.25, 0.3) is 0 Å². The maximum absolute atomic E-state index is 12.3. The Bertz CT molecular complexity index is 1290. The molecule has 0 N–H and O–H groups in total. The Balaban J connectivity index is 0.00000336. The number of hydrogen-bond donors (Lipinski definition) is 0. The van der Waals surface area contributed by atoms with Crippen LogP contribution >= 0.6 is 19.2 Å². The molecule has 5 rings (SSSR count). The summed E-state index contributed by atoms with van der Waals surface area (Å²) in [6.07, 6.45) is 2.70. The van der Waals surface area contributed by atoms with Gasteiger partial charge in [0, 0.05) is 54.4 Å². The van der Waals surface area contributed by atoms with Crippen molar-refractivity contribution in [2.24, 2.45) is 0 Å². The third kappa shape index (κ3) is 7.50. The number of rotatable bonds is 10. The summed E-state index contributed by atoms with van der Waals surface area (Å²) in [6.45, 7) is 5.07. The molecule has 2 aliphatic rings. The Kier molecular flexibility index (Phi) is 10.5. The zero-order valence-corrected chi connectivity index (χ0v) is 25.2. The molecule has 3 heterocycles. The van der Waals surface area contributed by atoms with E-state index in [-0.39, 0.29) is 50.1 Å². The topological polar surface area (TPSA) is 108 Å². The number of carbonyl (C=O) groups excluding carboxylic acids is 1. The molecular weight excluding hydrogens is 553 g/mol. The fraction of sp³-hybridized carbons (Fsp3) is 0.423. The molecule has 2 aromatic carbocycles. The largest absolute Gasteiger partial charge is 2.00 e. The minimum Gasteiger partial charge on any atom is -0.790 e. The average molecular weight is 584 g/mol. The normalized spacial score (nSPS) is 16.4. The second kappa shape index (κ2) is 13.4. The predicted molar refractivity (Wildman–Crippen MR) is 147 cm³/mol. The summed E-state index contributed by atoms with van der Waals surface area (Å²) in [7, 11) is -5.18. The van der Waals surface area contributed by atoms with Crippen molar-refractivity contribution in [2.75, 3.05) is 55.9 Å². The van der Waals surface area contributed by atoms with Crippen LogP contribution in [0.1, 0.15) is 24.8 Å². The van der Waals surface area contributed by atoms with Crippen LogP contribution < -0.4 is 24.3 Å². The molecule has 0 spiro atoms. The molecule has 1 aromatic heterocycles. The third-order valence-corrected chi connectivity index (χ3v) is 8.24. The van der Waals surface area contributed by atoms with E-state index >= 15 is 0 Å². The van der Waals surface area contributed by atoms with Crippen LogP contribution in [-0.4, -0.2) is 94.6 Å². The molecule has 0 unspecified atom stereocenters. The number of aryl methyl sites for hydroxylation is 1. The van der Waals surface area contributed by atoms with Crippen molar-refractivity contribution in [1.82, 2.24) is 4.90 Å². The molecule has 9 nitrogen and oxygen atoms in total. The van der Waals surface area contributed by atoms with Crippen molar-refractivity contribution in [1.29, 1.82) is 0 Å². The molecular formula is C26H30CaN3O6PS. The van der Waals surface area contributed by atoms with Gasteiger partial charge in [-0.3, -0.25) is 14.6 Å². The van der Waals surface area contributed by atoms with E-state index in [4.69, 9.17) is 4.74 Å². The minimum absolute atomic E-state index is 0. The van der Waals surface area contributed by atoms with Gasteiger partial charge < -0.3 is 28.5 Å². The first-order valence-electron chi connectivity index (χ1n) is 12.5. The van der Waals surface area contributed by atoms with Gasteiger partial charge in [0.15, 0.2) is 0 Å². The molecule has 2 aliphatic heterocycles. The van der Waals surface area contributed by atoms with Crippen LogP contribution in [0, 0.1) is 0 Å². The number of amides is 1. The molecule has 0 aliphatic carbocycles. The average Bonchev–Trinajstić information content (AvgIpc) is 3.37. The number of phosphoric ester groups is 1. The molecule has 38 heavy (non-hydrogen) atoms. The fourth-order valence-corrected chi connectivity index (χ4v) is 6.04. The van der Waals surface area contributed by atoms with Crippen molar-refractivity contribution in [2.45, 2.75) is 25.7 Å². The zero-order valence-electron chi connectivity index (χ0n) is 21.3. The summed E-state index contributed by atoms with van der Waals surface area (Å²) in [6, 6.07) is 14.2. The van der Waals surface area contributed by atoms with E-state index in [0.717, 1.165) is 51.1 Å². The van der Waals surface area contributed by atoms with Crippen LogP contribution in [0.25, 0.3) is 10.1 Å². The van der Waals surface area contributed by atoms with Crippen molar-refractivity contribution < 1.29 is 28.4 Å². The molecule has 1 amide bonds. The number of anilines is 2. The predicted octanol–water partition coefficient (Wildman–Crippen LogP) is 2.58. The second-order valence-corrected chi connectivity index (χ2v) is 11.4. The maximum atomic E-state index is 12.3. The van der Waals surface area contributed by atoms with Gasteiger partial charge in [-0.2, -0.15) is 0 Å². The van der Waals surface area contributed by atoms with E-state index in [1.165, 1.54) is 20.7 Å². The van der Waals surface area contributed by atoms with Crippen LogP contribution in [0.2, 0.25) is 0 Å². The minimum atomic E-state index is -5.18. The fourth-order valence-electron chi connectivity index (χ4n) is 4.97. The molecule has 0 radical (unpaired) electrons. The number of fused-ring (bicyclic) bond motifs is 2. The Morgan fingerprint density at radius 3 is 2.58 bits per heavy atom. The van der Waals surface area contributed by atoms with Crippen molar-refractivity contribution >= 4 is 84.3 Å². The Labute approximate surface area is 256 Å². The Morgan fingerprint density at radius 2 is 1.79 bits per heavy atom. The van der Waals surface area contributed by atoms with E-state index in [2.05, 4.69) is 44.0 Å². The van der Waals surface area contributed by atoms with Crippen LogP contribution in [0.4, 0.5) is 11.4 Å². The van der Waals surface area contributed by atoms with Crippen molar-refractivity contribution in [3.8, 4) is 5.75 Å². The van der Waals surface area contributed by atoms with Gasteiger partial charge in [-0.15, -0.1) is 11.3 Å². The Morgan fingerprint density at radius 1 is 0.974 bits per heavy atom. The van der Waals surface area contributed by atoms with E-state index < -0.39 is 14.6 Å². The number of unbranched alkanes of at least 4 members (excludes halogenated alkanes) is 1. The van der Waals surface area contributed by atoms with Crippen molar-refractivity contribution in [3.63, 3.8) is 0 Å². The van der Waals surface area contributed by atoms with Gasteiger partial charge in [-0.25, -0.2) is 0 Å². The zero-order chi connectivity index (χ0) is 25.8. The summed E-state index contributed by atoms with van der Waals surface area (Å²) in [4.78, 5) is 40.2. The van der Waals surface area contributed by atoms with Crippen LogP contribution in [0.15, 0.2) is 47.8 Å². The quantitative estimate of drug-likeness (QED) is 0.204. The molecule has 1 saturated heterocycles. The number of hydrogen-bond acceptors (Lipinski definition) is 9. The first-order chi connectivity index (χ1) is 17.9. The van der Waals surface area contributed by atoms with E-state index in [9.17, 15) is 19.1 Å². The molecule has 198 valence electrons. The van der Waals surface area contributed by atoms with Crippen LogP contribution in [0.3, 0.4) is 0 Å². The standard InChI is InChI=1S/C26H32N3O6PS.Ca/c30-26-9-7-20-6-8-21(18-24(20)29(26)19-35-36(31,32)33)34-16-2-1-11-27-12-14-28(15-13-27)23-4-3-5-25-22(23)10-17-37-25;/h3-6,8,10,17-18H,1-2,7,9,11-16,19H2,(H2,31,32,33);/q;+2/p-2. The van der Waals surface area contributed by atoms with E-state index in [0.29, 0.717) is 24.5 Å². The molecule has 0 atom stereocenters. The smallest absolute Gasteiger partial charge is 0.790 e. The van der Waals surface area contributed by atoms with E-state index in [1.807, 2.05) is 12.1 Å². The number of phosphoric acid groups is 1. The van der Waals surface area contributed by atoms with Gasteiger partial charge in [0.05, 0.1) is 20.1 Å². The maximum Gasteiger partial charge on any atom is 2.00 e. The van der Waals surface area contributed by atoms with Crippen LogP contribution in [0.5, 0.6) is 5.75 Å². The summed E-state index contributed by atoms with van der Waals surface area (Å²) in [5.74, 6) is 0.312.